The van der Waals surface area contributed by atoms with Crippen molar-refractivity contribution < 1.29 is 4.74 Å². The minimum absolute atomic E-state index is 0.208. The van der Waals surface area contributed by atoms with Crippen LogP contribution in [0.3, 0.4) is 0 Å². The van der Waals surface area contributed by atoms with E-state index in [1.807, 2.05) is 23.0 Å². The first-order valence-electron chi connectivity index (χ1n) is 7.63. The van der Waals surface area contributed by atoms with Crippen LogP contribution in [0.15, 0.2) is 30.7 Å². The first-order chi connectivity index (χ1) is 10.2. The average Bonchev–Trinajstić information content (AvgIpc) is 2.93. The maximum Gasteiger partial charge on any atom is 0.224 e. The monoisotopic (exact) mass is 288 g/mol. The van der Waals surface area contributed by atoms with Gasteiger partial charge >= 0.3 is 0 Å². The van der Waals surface area contributed by atoms with Gasteiger partial charge in [0.05, 0.1) is 12.4 Å². The third-order valence-corrected chi connectivity index (χ3v) is 3.24. The number of rotatable bonds is 8. The summed E-state index contributed by atoms with van der Waals surface area (Å²) in [5.74, 6) is 1.37. The van der Waals surface area contributed by atoms with Crippen LogP contribution in [-0.4, -0.2) is 21.3 Å². The Morgan fingerprint density at radius 1 is 1.33 bits per heavy atom. The molecule has 2 aromatic rings. The van der Waals surface area contributed by atoms with Gasteiger partial charge in [-0.3, -0.25) is 4.68 Å². The minimum Gasteiger partial charge on any atom is -0.435 e. The second-order valence-corrected chi connectivity index (χ2v) is 5.11. The fourth-order valence-corrected chi connectivity index (χ4v) is 2.15. The van der Waals surface area contributed by atoms with Crippen molar-refractivity contribution in [3.63, 3.8) is 0 Å². The third-order valence-electron chi connectivity index (χ3n) is 3.24. The van der Waals surface area contributed by atoms with Crippen LogP contribution in [0, 0.1) is 0 Å². The van der Waals surface area contributed by atoms with Gasteiger partial charge in [0.1, 0.15) is 0 Å². The molecule has 0 aliphatic heterocycles. The molecule has 0 spiro atoms. The largest absolute Gasteiger partial charge is 0.435 e. The molecule has 2 heterocycles. The Balaban J connectivity index is 2.11. The molecule has 114 valence electrons. The van der Waals surface area contributed by atoms with Crippen molar-refractivity contribution in [2.24, 2.45) is 0 Å². The molecule has 0 aliphatic carbocycles. The van der Waals surface area contributed by atoms with Crippen molar-refractivity contribution in [2.75, 3.05) is 6.54 Å². The smallest absolute Gasteiger partial charge is 0.224 e. The van der Waals surface area contributed by atoms with E-state index in [-0.39, 0.29) is 6.04 Å². The molecule has 0 saturated heterocycles. The lowest BCUT2D eigenvalue weighted by Crippen LogP contribution is -2.20. The van der Waals surface area contributed by atoms with Gasteiger partial charge in [0.15, 0.2) is 5.75 Å². The molecular weight excluding hydrogens is 264 g/mol. The Morgan fingerprint density at radius 3 is 2.95 bits per heavy atom. The summed E-state index contributed by atoms with van der Waals surface area (Å²) in [6.07, 6.45) is 7.55. The second-order valence-electron chi connectivity index (χ2n) is 5.11. The van der Waals surface area contributed by atoms with E-state index in [0.717, 1.165) is 37.2 Å². The molecule has 0 aromatic carbocycles. The van der Waals surface area contributed by atoms with E-state index in [0.29, 0.717) is 5.88 Å². The number of hydrogen-bond donors (Lipinski definition) is 1. The van der Waals surface area contributed by atoms with E-state index in [1.165, 1.54) is 0 Å². The van der Waals surface area contributed by atoms with Crippen LogP contribution in [0.25, 0.3) is 0 Å². The molecule has 1 unspecified atom stereocenters. The predicted octanol–water partition coefficient (Wildman–Crippen LogP) is 3.54. The fourth-order valence-electron chi connectivity index (χ4n) is 2.15. The minimum atomic E-state index is 0.208. The van der Waals surface area contributed by atoms with Crippen LogP contribution < -0.4 is 10.1 Å². The Morgan fingerprint density at radius 2 is 2.19 bits per heavy atom. The highest BCUT2D eigenvalue weighted by atomic mass is 16.5. The van der Waals surface area contributed by atoms with Crippen LogP contribution in [0.1, 0.15) is 45.2 Å². The molecule has 1 N–H and O–H groups in total. The number of hydrogen-bond acceptors (Lipinski definition) is 4. The van der Waals surface area contributed by atoms with Crippen molar-refractivity contribution in [3.8, 4) is 11.6 Å². The number of aromatic nitrogens is 3. The zero-order valence-electron chi connectivity index (χ0n) is 13.0. The second kappa shape index (κ2) is 7.78. The highest BCUT2D eigenvalue weighted by Gasteiger charge is 2.13. The van der Waals surface area contributed by atoms with E-state index in [9.17, 15) is 0 Å². The van der Waals surface area contributed by atoms with E-state index >= 15 is 0 Å². The highest BCUT2D eigenvalue weighted by Crippen LogP contribution is 2.27. The summed E-state index contributed by atoms with van der Waals surface area (Å²) < 4.78 is 7.79. The molecule has 5 heteroatoms. The van der Waals surface area contributed by atoms with Gasteiger partial charge in [-0.1, -0.05) is 19.9 Å². The van der Waals surface area contributed by atoms with Crippen molar-refractivity contribution in [1.82, 2.24) is 20.1 Å². The SMILES string of the molecule is CCCNC(C)c1cccnc1Oc1cnn(CCC)c1. The summed E-state index contributed by atoms with van der Waals surface area (Å²) in [5, 5.41) is 7.73. The fraction of sp³-hybridized carbons (Fsp3) is 0.500. The zero-order chi connectivity index (χ0) is 15.1. The maximum atomic E-state index is 5.90. The standard InChI is InChI=1S/C16H24N4O/c1-4-8-17-13(3)15-7-6-9-18-16(15)21-14-11-19-20(12-14)10-5-2/h6-7,9,11-13,17H,4-5,8,10H2,1-3H3. The zero-order valence-corrected chi connectivity index (χ0v) is 13.0. The van der Waals surface area contributed by atoms with Gasteiger partial charge in [0.25, 0.3) is 0 Å². The molecule has 0 bridgehead atoms. The number of ether oxygens (including phenoxy) is 1. The lowest BCUT2D eigenvalue weighted by molar-refractivity contribution is 0.441. The quantitative estimate of drug-likeness (QED) is 0.807. The molecule has 2 rings (SSSR count). The molecule has 0 amide bonds. The van der Waals surface area contributed by atoms with Crippen LogP contribution in [0.4, 0.5) is 0 Å². The van der Waals surface area contributed by atoms with E-state index in [2.05, 4.69) is 36.2 Å². The van der Waals surface area contributed by atoms with Crippen LogP contribution in [0.2, 0.25) is 0 Å². The van der Waals surface area contributed by atoms with Crippen molar-refractivity contribution in [2.45, 2.75) is 46.2 Å². The third kappa shape index (κ3) is 4.29. The van der Waals surface area contributed by atoms with E-state index in [1.54, 1.807) is 12.4 Å². The predicted molar refractivity (Wildman–Crippen MR) is 83.5 cm³/mol. The van der Waals surface area contributed by atoms with Crippen molar-refractivity contribution in [1.29, 1.82) is 0 Å². The van der Waals surface area contributed by atoms with Crippen molar-refractivity contribution in [3.05, 3.63) is 36.3 Å². The summed E-state index contributed by atoms with van der Waals surface area (Å²) >= 11 is 0. The lowest BCUT2D eigenvalue weighted by Gasteiger charge is -2.16. The summed E-state index contributed by atoms with van der Waals surface area (Å²) in [5.41, 5.74) is 1.06. The lowest BCUT2D eigenvalue weighted by atomic mass is 10.1. The number of nitrogens with zero attached hydrogens (tertiary/aromatic N) is 3. The molecular formula is C16H24N4O. The van der Waals surface area contributed by atoms with Crippen LogP contribution in [-0.2, 0) is 6.54 Å². The topological polar surface area (TPSA) is 52.0 Å². The number of aryl methyl sites for hydroxylation is 1. The number of pyridine rings is 1. The number of nitrogens with one attached hydrogen (secondary N) is 1. The van der Waals surface area contributed by atoms with E-state index < -0.39 is 0 Å². The molecule has 5 nitrogen and oxygen atoms in total. The first kappa shape index (κ1) is 15.5. The average molecular weight is 288 g/mol. The summed E-state index contributed by atoms with van der Waals surface area (Å²) in [6.45, 7) is 8.28. The molecule has 0 aliphatic rings. The van der Waals surface area contributed by atoms with Crippen molar-refractivity contribution >= 4 is 0 Å². The molecule has 0 saturated carbocycles. The molecule has 1 atom stereocenters. The van der Waals surface area contributed by atoms with Gasteiger partial charge in [0, 0.05) is 24.3 Å². The normalized spacial score (nSPS) is 12.3. The molecule has 0 radical (unpaired) electrons. The van der Waals surface area contributed by atoms with Crippen LogP contribution in [0.5, 0.6) is 11.6 Å². The molecule has 0 fully saturated rings. The van der Waals surface area contributed by atoms with Gasteiger partial charge in [-0.25, -0.2) is 4.98 Å². The Labute approximate surface area is 126 Å². The highest BCUT2D eigenvalue weighted by molar-refractivity contribution is 5.32. The Kier molecular flexibility index (Phi) is 5.75. The summed E-state index contributed by atoms with van der Waals surface area (Å²) in [7, 11) is 0. The van der Waals surface area contributed by atoms with Gasteiger partial charge in [-0.2, -0.15) is 5.10 Å². The first-order valence-corrected chi connectivity index (χ1v) is 7.63. The molecule has 2 aromatic heterocycles. The molecule has 21 heavy (non-hydrogen) atoms. The Hall–Kier alpha value is -1.88. The van der Waals surface area contributed by atoms with Gasteiger partial charge < -0.3 is 10.1 Å². The van der Waals surface area contributed by atoms with E-state index in [4.69, 9.17) is 4.74 Å². The van der Waals surface area contributed by atoms with Gasteiger partial charge in [-0.05, 0) is 32.4 Å². The van der Waals surface area contributed by atoms with Gasteiger partial charge in [0.2, 0.25) is 5.88 Å². The maximum absolute atomic E-state index is 5.90. The summed E-state index contributed by atoms with van der Waals surface area (Å²) in [6, 6.07) is 4.19. The Bertz CT molecular complexity index is 553. The van der Waals surface area contributed by atoms with Crippen LogP contribution >= 0.6 is 0 Å². The van der Waals surface area contributed by atoms with Gasteiger partial charge in [-0.15, -0.1) is 0 Å². The summed E-state index contributed by atoms with van der Waals surface area (Å²) in [4.78, 5) is 4.36.